The van der Waals surface area contributed by atoms with Crippen LogP contribution in [-0.2, 0) is 11.3 Å². The number of hydrogen-bond acceptors (Lipinski definition) is 9. The van der Waals surface area contributed by atoms with Crippen LogP contribution in [0, 0.1) is 5.82 Å². The van der Waals surface area contributed by atoms with Crippen LogP contribution in [0.15, 0.2) is 47.3 Å². The maximum Gasteiger partial charge on any atom is 0.253 e. The summed E-state index contributed by atoms with van der Waals surface area (Å²) in [6.45, 7) is 3.95. The number of methoxy groups -OCH3 is 2. The fraction of sp³-hybridized carbons (Fsp3) is 0.429. The van der Waals surface area contributed by atoms with Gasteiger partial charge in [0.1, 0.15) is 11.9 Å². The largest absolute Gasteiger partial charge is 0.493 e. The van der Waals surface area contributed by atoms with Gasteiger partial charge >= 0.3 is 0 Å². The van der Waals surface area contributed by atoms with E-state index in [-0.39, 0.29) is 17.5 Å². The van der Waals surface area contributed by atoms with E-state index in [0.717, 1.165) is 30.5 Å². The number of nitrogens with zero attached hydrogens (tertiary/aromatic N) is 6. The molecule has 2 atom stereocenters. The number of fused-ring (bicyclic) bond motifs is 1. The SMILES string of the molecule is COc1cc2cc([C@H](c3nnnn3C[C@@H]3CCCO3)N3CCN(c4ccc(F)cc4)CC3)c(=O)[nH]c2cc1OC. The number of piperazine rings is 1. The predicted octanol–water partition coefficient (Wildman–Crippen LogP) is 2.76. The van der Waals surface area contributed by atoms with Gasteiger partial charge in [-0.1, -0.05) is 0 Å². The molecule has 2 aromatic heterocycles. The normalized spacial score (nSPS) is 18.8. The van der Waals surface area contributed by atoms with Crippen LogP contribution in [0.3, 0.4) is 0 Å². The Balaban J connectivity index is 1.38. The first-order valence-corrected chi connectivity index (χ1v) is 13.4. The van der Waals surface area contributed by atoms with E-state index >= 15 is 0 Å². The molecule has 0 bridgehead atoms. The monoisotopic (exact) mass is 549 g/mol. The lowest BCUT2D eigenvalue weighted by Crippen LogP contribution is -2.49. The van der Waals surface area contributed by atoms with Gasteiger partial charge < -0.3 is 24.1 Å². The Kier molecular flexibility index (Phi) is 7.35. The molecule has 11 nitrogen and oxygen atoms in total. The van der Waals surface area contributed by atoms with E-state index in [1.54, 1.807) is 37.1 Å². The van der Waals surface area contributed by atoms with E-state index in [1.807, 2.05) is 12.1 Å². The van der Waals surface area contributed by atoms with E-state index in [9.17, 15) is 9.18 Å². The predicted molar refractivity (Wildman–Crippen MR) is 146 cm³/mol. The molecule has 2 saturated heterocycles. The molecule has 40 heavy (non-hydrogen) atoms. The number of ether oxygens (including phenoxy) is 3. The highest BCUT2D eigenvalue weighted by Gasteiger charge is 2.33. The van der Waals surface area contributed by atoms with Crippen molar-refractivity contribution in [3.63, 3.8) is 0 Å². The maximum atomic E-state index is 13.6. The van der Waals surface area contributed by atoms with Crippen molar-refractivity contribution in [2.75, 3.05) is 51.9 Å². The quantitative estimate of drug-likeness (QED) is 0.355. The molecule has 6 rings (SSSR count). The van der Waals surface area contributed by atoms with Gasteiger partial charge in [-0.25, -0.2) is 9.07 Å². The average Bonchev–Trinajstić information content (AvgIpc) is 3.66. The van der Waals surface area contributed by atoms with Gasteiger partial charge in [0.15, 0.2) is 17.3 Å². The smallest absolute Gasteiger partial charge is 0.253 e. The highest BCUT2D eigenvalue weighted by Crippen LogP contribution is 2.34. The fourth-order valence-corrected chi connectivity index (χ4v) is 5.66. The minimum Gasteiger partial charge on any atom is -0.493 e. The van der Waals surface area contributed by atoms with Gasteiger partial charge in [0.25, 0.3) is 5.56 Å². The molecule has 210 valence electrons. The summed E-state index contributed by atoms with van der Waals surface area (Å²) in [6.07, 6.45) is 1.98. The molecule has 2 aliphatic heterocycles. The second-order valence-electron chi connectivity index (χ2n) is 10.1. The summed E-state index contributed by atoms with van der Waals surface area (Å²) in [6, 6.07) is 11.5. The van der Waals surface area contributed by atoms with Gasteiger partial charge in [0.05, 0.1) is 32.4 Å². The molecule has 0 aliphatic carbocycles. The fourth-order valence-electron chi connectivity index (χ4n) is 5.66. The molecule has 0 unspecified atom stereocenters. The van der Waals surface area contributed by atoms with Crippen molar-refractivity contribution in [3.05, 3.63) is 70.0 Å². The molecule has 4 heterocycles. The Labute approximate surface area is 230 Å². The summed E-state index contributed by atoms with van der Waals surface area (Å²) in [4.78, 5) is 21.1. The molecule has 4 aromatic rings. The lowest BCUT2D eigenvalue weighted by Gasteiger charge is -2.39. The molecule has 1 N–H and O–H groups in total. The minimum absolute atomic E-state index is 0.0323. The van der Waals surface area contributed by atoms with Crippen LogP contribution in [0.2, 0.25) is 0 Å². The van der Waals surface area contributed by atoms with Crippen LogP contribution < -0.4 is 19.9 Å². The van der Waals surface area contributed by atoms with E-state index in [2.05, 4.69) is 30.3 Å². The van der Waals surface area contributed by atoms with Crippen LogP contribution in [0.5, 0.6) is 11.5 Å². The van der Waals surface area contributed by atoms with Gasteiger partial charge in [-0.2, -0.15) is 0 Å². The third kappa shape index (κ3) is 5.11. The van der Waals surface area contributed by atoms with Crippen LogP contribution >= 0.6 is 0 Å². The maximum absolute atomic E-state index is 13.6. The lowest BCUT2D eigenvalue weighted by atomic mass is 10.0. The first kappa shape index (κ1) is 26.2. The molecule has 2 aromatic carbocycles. The van der Waals surface area contributed by atoms with Gasteiger partial charge in [-0.05, 0) is 59.7 Å². The zero-order chi connectivity index (χ0) is 27.6. The number of pyridine rings is 1. The standard InChI is InChI=1S/C28H32FN7O4/c1-38-24-15-18-14-22(28(37)30-23(18)16-25(24)39-2)26(27-31-32-33-36(27)17-21-4-3-13-40-21)35-11-9-34(10-12-35)20-7-5-19(29)6-8-20/h5-8,14-16,21,26H,3-4,9-13,17H2,1-2H3,(H,30,37)/t21-,26+/m0/s1. The number of benzene rings is 2. The molecule has 0 spiro atoms. The van der Waals surface area contributed by atoms with Crippen LogP contribution in [0.4, 0.5) is 10.1 Å². The van der Waals surface area contributed by atoms with Gasteiger partial charge in [0, 0.05) is 55.5 Å². The Hall–Kier alpha value is -4.03. The molecule has 2 aliphatic rings. The molecule has 0 amide bonds. The summed E-state index contributed by atoms with van der Waals surface area (Å²) < 4.78 is 32.0. The molecule has 0 radical (unpaired) electrons. The Bertz CT molecular complexity index is 1530. The van der Waals surface area contributed by atoms with Gasteiger partial charge in [-0.15, -0.1) is 5.10 Å². The highest BCUT2D eigenvalue weighted by molar-refractivity contribution is 5.83. The third-order valence-electron chi connectivity index (χ3n) is 7.75. The molecule has 2 fully saturated rings. The Morgan fingerprint density at radius 2 is 1.82 bits per heavy atom. The Morgan fingerprint density at radius 1 is 1.07 bits per heavy atom. The van der Waals surface area contributed by atoms with Gasteiger partial charge in [-0.3, -0.25) is 9.69 Å². The van der Waals surface area contributed by atoms with Crippen LogP contribution in [-0.4, -0.2) is 83.2 Å². The van der Waals surface area contributed by atoms with E-state index in [0.29, 0.717) is 61.1 Å². The Morgan fingerprint density at radius 3 is 2.52 bits per heavy atom. The van der Waals surface area contributed by atoms with E-state index < -0.39 is 6.04 Å². The number of aromatic amines is 1. The first-order chi connectivity index (χ1) is 19.5. The molecule has 12 heteroatoms. The van der Waals surface area contributed by atoms with Crippen molar-refractivity contribution in [2.24, 2.45) is 0 Å². The number of aromatic nitrogens is 5. The van der Waals surface area contributed by atoms with Crippen molar-refractivity contribution >= 4 is 16.6 Å². The van der Waals surface area contributed by atoms with Gasteiger partial charge in [0.2, 0.25) is 0 Å². The van der Waals surface area contributed by atoms with Crippen molar-refractivity contribution in [1.82, 2.24) is 30.1 Å². The van der Waals surface area contributed by atoms with Crippen molar-refractivity contribution < 1.29 is 18.6 Å². The topological polar surface area (TPSA) is 111 Å². The van der Waals surface area contributed by atoms with E-state index in [1.165, 1.54) is 12.1 Å². The first-order valence-electron chi connectivity index (χ1n) is 13.4. The number of tetrazole rings is 1. The second-order valence-corrected chi connectivity index (χ2v) is 10.1. The minimum atomic E-state index is -0.493. The summed E-state index contributed by atoms with van der Waals surface area (Å²) in [7, 11) is 3.14. The number of H-pyrrole nitrogens is 1. The van der Waals surface area contributed by atoms with Crippen molar-refractivity contribution in [2.45, 2.75) is 31.5 Å². The number of halogens is 1. The zero-order valence-corrected chi connectivity index (χ0v) is 22.5. The van der Waals surface area contributed by atoms with Crippen molar-refractivity contribution in [1.29, 1.82) is 0 Å². The number of rotatable bonds is 8. The average molecular weight is 550 g/mol. The van der Waals surface area contributed by atoms with Crippen molar-refractivity contribution in [3.8, 4) is 11.5 Å². The molecular weight excluding hydrogens is 517 g/mol. The number of nitrogens with one attached hydrogen (secondary N) is 1. The van der Waals surface area contributed by atoms with Crippen LogP contribution in [0.1, 0.15) is 30.3 Å². The summed E-state index contributed by atoms with van der Waals surface area (Å²) in [5, 5.41) is 13.5. The van der Waals surface area contributed by atoms with E-state index in [4.69, 9.17) is 14.2 Å². The number of anilines is 1. The second kappa shape index (κ2) is 11.2. The number of hydrogen-bond donors (Lipinski definition) is 1. The zero-order valence-electron chi connectivity index (χ0n) is 22.5. The lowest BCUT2D eigenvalue weighted by molar-refractivity contribution is 0.0906. The highest BCUT2D eigenvalue weighted by atomic mass is 19.1. The molecule has 0 saturated carbocycles. The summed E-state index contributed by atoms with van der Waals surface area (Å²) in [5.41, 5.74) is 1.92. The summed E-state index contributed by atoms with van der Waals surface area (Å²) >= 11 is 0. The molecular formula is C28H32FN7O4. The van der Waals surface area contributed by atoms with Crippen LogP contribution in [0.25, 0.3) is 10.9 Å². The summed E-state index contributed by atoms with van der Waals surface area (Å²) in [5.74, 6) is 1.44. The third-order valence-corrected chi connectivity index (χ3v) is 7.75.